The van der Waals surface area contributed by atoms with Gasteiger partial charge in [-0.25, -0.2) is 0 Å². The number of rotatable bonds is 6. The Labute approximate surface area is 229 Å². The van der Waals surface area contributed by atoms with Gasteiger partial charge in [-0.05, 0) is 37.9 Å². The van der Waals surface area contributed by atoms with Gasteiger partial charge in [-0.2, -0.15) is 0 Å². The maximum atomic E-state index is 7.14. The lowest BCUT2D eigenvalue weighted by Crippen LogP contribution is -2.32. The molecule has 0 saturated heterocycles. The smallest absolute Gasteiger partial charge is 0.139 e. The lowest BCUT2D eigenvalue weighted by atomic mass is 9.76. The van der Waals surface area contributed by atoms with Crippen molar-refractivity contribution in [3.05, 3.63) is 139 Å². The summed E-state index contributed by atoms with van der Waals surface area (Å²) in [5.41, 5.74) is 2.37. The number of hydrogen-bond donors (Lipinski definition) is 0. The SMILES string of the molecule is CCP(c1ccccc1)c1cccc2c1Oc1c(P(c3ccccc3)c3ccccc3)cccc1C2(C)C. The molecule has 38 heavy (non-hydrogen) atoms. The summed E-state index contributed by atoms with van der Waals surface area (Å²) in [6.07, 6.45) is 1.08. The molecule has 6 rings (SSSR count). The Bertz CT molecular complexity index is 1510. The van der Waals surface area contributed by atoms with Gasteiger partial charge in [-0.15, -0.1) is 0 Å². The number of fused-ring (bicyclic) bond motifs is 2. The second kappa shape index (κ2) is 10.5. The first-order valence-electron chi connectivity index (χ1n) is 13.3. The van der Waals surface area contributed by atoms with Gasteiger partial charge in [0.2, 0.25) is 0 Å². The zero-order valence-electron chi connectivity index (χ0n) is 22.1. The van der Waals surface area contributed by atoms with Gasteiger partial charge in [0.25, 0.3) is 0 Å². The van der Waals surface area contributed by atoms with Gasteiger partial charge >= 0.3 is 0 Å². The summed E-state index contributed by atoms with van der Waals surface area (Å²) in [4.78, 5) is 0. The fourth-order valence-electron chi connectivity index (χ4n) is 5.57. The largest absolute Gasteiger partial charge is 0.455 e. The highest BCUT2D eigenvalue weighted by Gasteiger charge is 2.38. The van der Waals surface area contributed by atoms with Gasteiger partial charge < -0.3 is 4.74 Å². The Morgan fingerprint density at radius 1 is 0.526 bits per heavy atom. The van der Waals surface area contributed by atoms with Crippen LogP contribution in [0.4, 0.5) is 0 Å². The number of para-hydroxylation sites is 2. The van der Waals surface area contributed by atoms with Crippen molar-refractivity contribution in [1.82, 2.24) is 0 Å². The van der Waals surface area contributed by atoms with Gasteiger partial charge in [-0.3, -0.25) is 0 Å². The Morgan fingerprint density at radius 3 is 1.47 bits per heavy atom. The maximum absolute atomic E-state index is 7.14. The number of hydrogen-bond acceptors (Lipinski definition) is 1. The van der Waals surface area contributed by atoms with E-state index in [1.807, 2.05) is 0 Å². The number of ether oxygens (including phenoxy) is 1. The van der Waals surface area contributed by atoms with Crippen molar-refractivity contribution in [2.24, 2.45) is 0 Å². The monoisotopic (exact) mass is 530 g/mol. The first-order valence-corrected chi connectivity index (χ1v) is 16.1. The average Bonchev–Trinajstić information content (AvgIpc) is 2.96. The lowest BCUT2D eigenvalue weighted by molar-refractivity contribution is 0.425. The highest BCUT2D eigenvalue weighted by atomic mass is 31.1. The van der Waals surface area contributed by atoms with Crippen LogP contribution in [0, 0.1) is 0 Å². The third-order valence-corrected chi connectivity index (χ3v) is 12.4. The molecule has 5 aromatic rings. The van der Waals surface area contributed by atoms with Gasteiger partial charge in [-0.1, -0.05) is 148 Å². The van der Waals surface area contributed by atoms with Crippen molar-refractivity contribution in [2.45, 2.75) is 26.2 Å². The third-order valence-electron chi connectivity index (χ3n) is 7.48. The highest BCUT2D eigenvalue weighted by Crippen LogP contribution is 2.52. The molecule has 0 aromatic heterocycles. The molecule has 0 fully saturated rings. The molecule has 3 heteroatoms. The van der Waals surface area contributed by atoms with Crippen LogP contribution in [0.15, 0.2) is 127 Å². The summed E-state index contributed by atoms with van der Waals surface area (Å²) in [5, 5.41) is 6.69. The molecular weight excluding hydrogens is 498 g/mol. The fourth-order valence-corrected chi connectivity index (χ4v) is 10.2. The first-order chi connectivity index (χ1) is 18.6. The molecule has 1 unspecified atom stereocenters. The zero-order chi connectivity index (χ0) is 26.1. The number of benzene rings is 5. The molecule has 0 spiro atoms. The van der Waals surface area contributed by atoms with Crippen LogP contribution in [0.25, 0.3) is 0 Å². The van der Waals surface area contributed by atoms with Crippen LogP contribution >= 0.6 is 15.8 Å². The van der Waals surface area contributed by atoms with Crippen molar-refractivity contribution >= 4 is 42.4 Å². The van der Waals surface area contributed by atoms with Crippen molar-refractivity contribution in [2.75, 3.05) is 6.16 Å². The average molecular weight is 531 g/mol. The molecule has 1 atom stereocenters. The van der Waals surface area contributed by atoms with Gasteiger partial charge in [0.05, 0.1) is 0 Å². The maximum Gasteiger partial charge on any atom is 0.139 e. The van der Waals surface area contributed by atoms with E-state index < -0.39 is 15.8 Å². The van der Waals surface area contributed by atoms with E-state index in [4.69, 9.17) is 4.74 Å². The van der Waals surface area contributed by atoms with Crippen LogP contribution in [0.1, 0.15) is 31.9 Å². The van der Waals surface area contributed by atoms with Crippen LogP contribution in [-0.4, -0.2) is 6.16 Å². The van der Waals surface area contributed by atoms with Crippen LogP contribution < -0.4 is 31.3 Å². The molecule has 1 aliphatic heterocycles. The highest BCUT2D eigenvalue weighted by molar-refractivity contribution is 7.80. The minimum Gasteiger partial charge on any atom is -0.455 e. The quantitative estimate of drug-likeness (QED) is 0.209. The Morgan fingerprint density at radius 2 is 0.974 bits per heavy atom. The van der Waals surface area contributed by atoms with E-state index in [1.165, 1.54) is 37.6 Å². The van der Waals surface area contributed by atoms with E-state index in [0.717, 1.165) is 17.7 Å². The van der Waals surface area contributed by atoms with Crippen LogP contribution in [0.2, 0.25) is 0 Å². The van der Waals surface area contributed by atoms with Crippen LogP contribution in [-0.2, 0) is 5.41 Å². The standard InChI is InChI=1S/C35H32OP2/c1-4-37(26-16-8-5-9-17-26)31-24-14-22-29-33(31)36-34-30(35(29,2)3)23-15-25-32(34)38(27-18-10-6-11-19-27)28-20-12-7-13-21-28/h5-25H,4H2,1-3H3. The van der Waals surface area contributed by atoms with Crippen molar-refractivity contribution in [1.29, 1.82) is 0 Å². The summed E-state index contributed by atoms with van der Waals surface area (Å²) in [6.45, 7) is 7.01. The summed E-state index contributed by atoms with van der Waals surface area (Å²) in [7, 11) is -1.31. The summed E-state index contributed by atoms with van der Waals surface area (Å²) >= 11 is 0. The van der Waals surface area contributed by atoms with E-state index in [2.05, 4.69) is 148 Å². The van der Waals surface area contributed by atoms with E-state index in [1.54, 1.807) is 0 Å². The Balaban J connectivity index is 1.56. The molecule has 0 N–H and O–H groups in total. The minimum absolute atomic E-state index is 0.172. The molecule has 1 heterocycles. The van der Waals surface area contributed by atoms with E-state index in [-0.39, 0.29) is 5.41 Å². The minimum atomic E-state index is -0.783. The van der Waals surface area contributed by atoms with E-state index in [9.17, 15) is 0 Å². The molecule has 0 radical (unpaired) electrons. The molecule has 1 nitrogen and oxygen atoms in total. The predicted octanol–water partition coefficient (Wildman–Crippen LogP) is 7.33. The summed E-state index contributed by atoms with van der Waals surface area (Å²) in [6, 6.07) is 46.3. The molecule has 0 saturated carbocycles. The molecular formula is C35H32OP2. The van der Waals surface area contributed by atoms with E-state index >= 15 is 0 Å². The summed E-state index contributed by atoms with van der Waals surface area (Å²) < 4.78 is 7.14. The normalized spacial score (nSPS) is 14.3. The van der Waals surface area contributed by atoms with Crippen molar-refractivity contribution < 1.29 is 4.74 Å². The molecule has 0 amide bonds. The lowest BCUT2D eigenvalue weighted by Gasteiger charge is -2.38. The molecule has 0 aliphatic carbocycles. The Kier molecular flexibility index (Phi) is 6.92. The third kappa shape index (κ3) is 4.39. The van der Waals surface area contributed by atoms with E-state index in [0.29, 0.717) is 0 Å². The molecule has 188 valence electrons. The fraction of sp³-hybridized carbons (Fsp3) is 0.143. The van der Waals surface area contributed by atoms with Gasteiger partial charge in [0.15, 0.2) is 0 Å². The second-order valence-electron chi connectivity index (χ2n) is 10.1. The molecule has 5 aromatic carbocycles. The van der Waals surface area contributed by atoms with Gasteiger partial charge in [0.1, 0.15) is 11.5 Å². The predicted molar refractivity (Wildman–Crippen MR) is 167 cm³/mol. The topological polar surface area (TPSA) is 9.23 Å². The van der Waals surface area contributed by atoms with Crippen molar-refractivity contribution in [3.63, 3.8) is 0 Å². The van der Waals surface area contributed by atoms with Crippen LogP contribution in [0.5, 0.6) is 11.5 Å². The molecule has 1 aliphatic rings. The zero-order valence-corrected chi connectivity index (χ0v) is 23.9. The Hall–Kier alpha value is -3.24. The summed E-state index contributed by atoms with van der Waals surface area (Å²) in [5.74, 6) is 2.10. The van der Waals surface area contributed by atoms with Crippen LogP contribution in [0.3, 0.4) is 0 Å². The molecule has 0 bridgehead atoms. The first kappa shape index (κ1) is 25.1. The second-order valence-corrected chi connectivity index (χ2v) is 14.8. The van der Waals surface area contributed by atoms with Crippen molar-refractivity contribution in [3.8, 4) is 11.5 Å². The van der Waals surface area contributed by atoms with Gasteiger partial charge in [0, 0.05) is 27.2 Å².